The van der Waals surface area contributed by atoms with E-state index in [1.54, 1.807) is 0 Å². The first kappa shape index (κ1) is 15.4. The second-order valence-corrected chi connectivity index (χ2v) is 8.55. The molecule has 2 fully saturated rings. The van der Waals surface area contributed by atoms with Crippen LogP contribution in [-0.2, 0) is 9.31 Å². The van der Waals surface area contributed by atoms with Crippen molar-refractivity contribution < 1.29 is 9.31 Å². The molecule has 2 aliphatic heterocycles. The first-order chi connectivity index (χ1) is 9.78. The molecule has 3 heterocycles. The smallest absolute Gasteiger partial charge is 0.399 e. The molecule has 2 saturated heterocycles. The molecule has 0 spiro atoms. The highest BCUT2D eigenvalue weighted by Gasteiger charge is 2.52. The van der Waals surface area contributed by atoms with E-state index < -0.39 is 0 Å². The van der Waals surface area contributed by atoms with Crippen LogP contribution < -0.4 is 9.68 Å². The quantitative estimate of drug-likeness (QED) is 0.783. The third-order valence-electron chi connectivity index (χ3n) is 5.07. The summed E-state index contributed by atoms with van der Waals surface area (Å²) < 4.78 is 13.5. The predicted molar refractivity (Wildman–Crippen MR) is 90.6 cm³/mol. The summed E-state index contributed by atoms with van der Waals surface area (Å²) in [6.07, 6.45) is 2.65. The van der Waals surface area contributed by atoms with Gasteiger partial charge in [0, 0.05) is 17.9 Å². The number of rotatable bonds is 2. The minimum atomic E-state index is -0.262. The number of anilines is 1. The van der Waals surface area contributed by atoms with Crippen LogP contribution >= 0.6 is 11.3 Å². The Bertz CT molecular complexity index is 498. The highest BCUT2D eigenvalue weighted by Crippen LogP contribution is 2.37. The van der Waals surface area contributed by atoms with Gasteiger partial charge in [-0.1, -0.05) is 6.92 Å². The Balaban J connectivity index is 1.74. The molecule has 1 atom stereocenters. The fourth-order valence-electron chi connectivity index (χ4n) is 2.99. The van der Waals surface area contributed by atoms with Crippen molar-refractivity contribution >= 4 is 28.2 Å². The van der Waals surface area contributed by atoms with Crippen molar-refractivity contribution in [3.8, 4) is 0 Å². The van der Waals surface area contributed by atoms with Gasteiger partial charge in [-0.05, 0) is 58.6 Å². The molecule has 1 unspecified atom stereocenters. The molecular formula is C16H26BNO2S. The fraction of sp³-hybridized carbons (Fsp3) is 0.750. The zero-order valence-corrected chi connectivity index (χ0v) is 14.6. The molecule has 0 aliphatic carbocycles. The monoisotopic (exact) mass is 307 g/mol. The zero-order valence-electron chi connectivity index (χ0n) is 13.8. The van der Waals surface area contributed by atoms with Crippen LogP contribution in [0, 0.1) is 5.92 Å². The minimum Gasteiger partial charge on any atom is -0.399 e. The number of nitrogens with zero attached hydrogens (tertiary/aromatic N) is 1. The maximum absolute atomic E-state index is 6.14. The molecule has 0 bridgehead atoms. The number of hydrogen-bond donors (Lipinski definition) is 0. The largest absolute Gasteiger partial charge is 0.505 e. The van der Waals surface area contributed by atoms with E-state index in [1.165, 1.54) is 35.7 Å². The van der Waals surface area contributed by atoms with E-state index in [9.17, 15) is 0 Å². The lowest BCUT2D eigenvalue weighted by atomic mass is 9.88. The lowest BCUT2D eigenvalue weighted by Crippen LogP contribution is -2.41. The van der Waals surface area contributed by atoms with Crippen LogP contribution in [0.15, 0.2) is 12.1 Å². The molecule has 0 N–H and O–H groups in total. The normalized spacial score (nSPS) is 28.1. The van der Waals surface area contributed by atoms with Crippen molar-refractivity contribution in [1.82, 2.24) is 0 Å². The van der Waals surface area contributed by atoms with E-state index in [2.05, 4.69) is 51.7 Å². The van der Waals surface area contributed by atoms with Gasteiger partial charge in [-0.25, -0.2) is 0 Å². The molecular weight excluding hydrogens is 281 g/mol. The predicted octanol–water partition coefficient (Wildman–Crippen LogP) is 3.28. The van der Waals surface area contributed by atoms with Crippen LogP contribution in [0.25, 0.3) is 0 Å². The van der Waals surface area contributed by atoms with Crippen molar-refractivity contribution in [3.63, 3.8) is 0 Å². The molecule has 3 rings (SSSR count). The first-order valence-corrected chi connectivity index (χ1v) is 8.80. The van der Waals surface area contributed by atoms with Gasteiger partial charge >= 0.3 is 7.12 Å². The van der Waals surface area contributed by atoms with Crippen LogP contribution in [-0.4, -0.2) is 31.4 Å². The van der Waals surface area contributed by atoms with Gasteiger partial charge < -0.3 is 14.2 Å². The molecule has 1 aromatic rings. The summed E-state index contributed by atoms with van der Waals surface area (Å²) in [5, 5.41) is 1.35. The second kappa shape index (κ2) is 5.29. The van der Waals surface area contributed by atoms with E-state index in [1.807, 2.05) is 11.3 Å². The number of thiophene rings is 1. The zero-order chi connectivity index (χ0) is 15.3. The molecule has 0 aromatic carbocycles. The van der Waals surface area contributed by atoms with Crippen LogP contribution in [0.5, 0.6) is 0 Å². The highest BCUT2D eigenvalue weighted by molar-refractivity contribution is 7.25. The van der Waals surface area contributed by atoms with Crippen molar-refractivity contribution in [2.45, 2.75) is 58.7 Å². The SMILES string of the molecule is CC1CCCN(c2ccc(B3OC(C)(C)C(C)(C)O3)s2)C1. The molecule has 116 valence electrons. The standard InChI is InChI=1S/C16H26BNO2S/c1-12-7-6-10-18(11-12)14-9-8-13(21-14)17-19-15(2,3)16(4,5)20-17/h8-9,12H,6-7,10-11H2,1-5H3. The van der Waals surface area contributed by atoms with Gasteiger partial charge in [0.15, 0.2) is 0 Å². The van der Waals surface area contributed by atoms with E-state index in [-0.39, 0.29) is 18.3 Å². The van der Waals surface area contributed by atoms with Crippen molar-refractivity contribution in [2.75, 3.05) is 18.0 Å². The highest BCUT2D eigenvalue weighted by atomic mass is 32.1. The summed E-state index contributed by atoms with van der Waals surface area (Å²) in [5.74, 6) is 0.793. The van der Waals surface area contributed by atoms with Gasteiger partial charge in [0.05, 0.1) is 16.2 Å². The molecule has 3 nitrogen and oxygen atoms in total. The summed E-state index contributed by atoms with van der Waals surface area (Å²) in [7, 11) is -0.226. The molecule has 0 amide bonds. The Morgan fingerprint density at radius 1 is 1.19 bits per heavy atom. The second-order valence-electron chi connectivity index (χ2n) is 7.46. The van der Waals surface area contributed by atoms with Gasteiger partial charge in [-0.3, -0.25) is 0 Å². The van der Waals surface area contributed by atoms with E-state index in [0.717, 1.165) is 5.92 Å². The first-order valence-electron chi connectivity index (χ1n) is 7.99. The minimum absolute atomic E-state index is 0.226. The maximum Gasteiger partial charge on any atom is 0.505 e. The lowest BCUT2D eigenvalue weighted by Gasteiger charge is -2.32. The van der Waals surface area contributed by atoms with Gasteiger partial charge in [0.25, 0.3) is 0 Å². The van der Waals surface area contributed by atoms with Crippen molar-refractivity contribution in [2.24, 2.45) is 5.92 Å². The molecule has 1 aromatic heterocycles. The lowest BCUT2D eigenvalue weighted by molar-refractivity contribution is 0.00578. The van der Waals surface area contributed by atoms with E-state index in [4.69, 9.17) is 9.31 Å². The topological polar surface area (TPSA) is 21.7 Å². The van der Waals surface area contributed by atoms with Crippen LogP contribution in [0.1, 0.15) is 47.5 Å². The summed E-state index contributed by atoms with van der Waals surface area (Å²) >= 11 is 1.82. The summed E-state index contributed by atoms with van der Waals surface area (Å²) in [4.78, 5) is 2.51. The average molecular weight is 307 g/mol. The third-order valence-corrected chi connectivity index (χ3v) is 6.23. The fourth-order valence-corrected chi connectivity index (χ4v) is 3.99. The van der Waals surface area contributed by atoms with Crippen LogP contribution in [0.2, 0.25) is 0 Å². The van der Waals surface area contributed by atoms with Gasteiger partial charge in [-0.2, -0.15) is 0 Å². The molecule has 5 heteroatoms. The Kier molecular flexibility index (Phi) is 3.87. The Morgan fingerprint density at radius 3 is 2.48 bits per heavy atom. The van der Waals surface area contributed by atoms with Gasteiger partial charge in [0.2, 0.25) is 0 Å². The number of hydrogen-bond acceptors (Lipinski definition) is 4. The van der Waals surface area contributed by atoms with Crippen LogP contribution in [0.3, 0.4) is 0 Å². The third kappa shape index (κ3) is 2.88. The van der Waals surface area contributed by atoms with Gasteiger partial charge in [-0.15, -0.1) is 11.3 Å². The molecule has 21 heavy (non-hydrogen) atoms. The van der Waals surface area contributed by atoms with Gasteiger partial charge in [0.1, 0.15) is 0 Å². The number of piperidine rings is 1. The van der Waals surface area contributed by atoms with Crippen LogP contribution in [0.4, 0.5) is 5.00 Å². The average Bonchev–Trinajstić information content (AvgIpc) is 2.93. The Morgan fingerprint density at radius 2 is 1.86 bits per heavy atom. The van der Waals surface area contributed by atoms with E-state index >= 15 is 0 Å². The van der Waals surface area contributed by atoms with Crippen molar-refractivity contribution in [3.05, 3.63) is 12.1 Å². The Hall–Kier alpha value is -0.515. The maximum atomic E-state index is 6.14. The summed E-state index contributed by atoms with van der Waals surface area (Å²) in [6.45, 7) is 13.1. The van der Waals surface area contributed by atoms with Crippen molar-refractivity contribution in [1.29, 1.82) is 0 Å². The summed E-state index contributed by atoms with van der Waals surface area (Å²) in [6, 6.07) is 4.39. The Labute approximate surface area is 132 Å². The van der Waals surface area contributed by atoms with E-state index in [0.29, 0.717) is 0 Å². The molecule has 0 saturated carbocycles. The molecule has 2 aliphatic rings. The molecule has 0 radical (unpaired) electrons. The summed E-state index contributed by atoms with van der Waals surface area (Å²) in [5.41, 5.74) is -0.525.